The lowest BCUT2D eigenvalue weighted by atomic mass is 10.0. The number of amides is 1. The van der Waals surface area contributed by atoms with Crippen molar-refractivity contribution in [3.63, 3.8) is 0 Å². The molecule has 0 aliphatic rings. The van der Waals surface area contributed by atoms with Gasteiger partial charge in [0.1, 0.15) is 0 Å². The second-order valence-corrected chi connectivity index (χ2v) is 6.77. The molecule has 26 heavy (non-hydrogen) atoms. The molecule has 0 aliphatic carbocycles. The highest BCUT2D eigenvalue weighted by atomic mass is 16.2. The summed E-state index contributed by atoms with van der Waals surface area (Å²) in [6, 6.07) is 13.5. The Kier molecular flexibility index (Phi) is 4.59. The van der Waals surface area contributed by atoms with Gasteiger partial charge in [-0.2, -0.15) is 0 Å². The van der Waals surface area contributed by atoms with Gasteiger partial charge in [-0.25, -0.2) is 4.79 Å². The number of anilines is 2. The molecule has 6 nitrogen and oxygen atoms in total. The van der Waals surface area contributed by atoms with Crippen LogP contribution in [0.2, 0.25) is 0 Å². The van der Waals surface area contributed by atoms with Crippen molar-refractivity contribution in [2.24, 2.45) is 14.1 Å². The minimum absolute atomic E-state index is 0.0837. The van der Waals surface area contributed by atoms with Gasteiger partial charge in [0.05, 0.1) is 28.3 Å². The maximum Gasteiger partial charge on any atom is 0.328 e. The summed E-state index contributed by atoms with van der Waals surface area (Å²) in [6.45, 7) is 1.89. The quantitative estimate of drug-likeness (QED) is 0.785. The Balaban J connectivity index is 2.03. The van der Waals surface area contributed by atoms with Gasteiger partial charge < -0.3 is 10.2 Å². The van der Waals surface area contributed by atoms with E-state index in [9.17, 15) is 9.59 Å². The van der Waals surface area contributed by atoms with Crippen LogP contribution in [0.5, 0.6) is 0 Å². The van der Waals surface area contributed by atoms with E-state index in [0.29, 0.717) is 5.69 Å². The molecule has 2 aromatic carbocycles. The number of rotatable bonds is 4. The fraction of sp³-hybridized carbons (Fsp3) is 0.300. The first-order valence-corrected chi connectivity index (χ1v) is 8.54. The summed E-state index contributed by atoms with van der Waals surface area (Å²) in [6.07, 6.45) is 0. The summed E-state index contributed by atoms with van der Waals surface area (Å²) in [5, 5.41) is 3.03. The van der Waals surface area contributed by atoms with Gasteiger partial charge >= 0.3 is 5.69 Å². The molecule has 3 rings (SSSR count). The monoisotopic (exact) mass is 352 g/mol. The number of benzene rings is 2. The van der Waals surface area contributed by atoms with E-state index in [0.717, 1.165) is 22.3 Å². The van der Waals surface area contributed by atoms with Gasteiger partial charge in [0.15, 0.2) is 0 Å². The summed E-state index contributed by atoms with van der Waals surface area (Å²) in [5.74, 6) is -0.360. The van der Waals surface area contributed by atoms with Crippen LogP contribution in [0.25, 0.3) is 11.0 Å². The lowest BCUT2D eigenvalue weighted by Crippen LogP contribution is -2.21. The molecule has 1 N–H and O–H groups in total. The third kappa shape index (κ3) is 2.98. The molecule has 0 spiro atoms. The Morgan fingerprint density at radius 3 is 2.19 bits per heavy atom. The van der Waals surface area contributed by atoms with Crippen molar-refractivity contribution in [1.29, 1.82) is 0 Å². The summed E-state index contributed by atoms with van der Waals surface area (Å²) in [4.78, 5) is 26.9. The van der Waals surface area contributed by atoms with Crippen LogP contribution in [0.4, 0.5) is 11.4 Å². The van der Waals surface area contributed by atoms with Crippen molar-refractivity contribution in [3.8, 4) is 0 Å². The number of imidazole rings is 1. The fourth-order valence-electron chi connectivity index (χ4n) is 3.14. The molecule has 1 aromatic heterocycles. The molecule has 1 heterocycles. The normalized spacial score (nSPS) is 12.2. The van der Waals surface area contributed by atoms with Gasteiger partial charge in [0.25, 0.3) is 0 Å². The molecule has 6 heteroatoms. The van der Waals surface area contributed by atoms with Crippen LogP contribution >= 0.6 is 0 Å². The van der Waals surface area contributed by atoms with Crippen LogP contribution in [0.1, 0.15) is 18.4 Å². The summed E-state index contributed by atoms with van der Waals surface area (Å²) >= 11 is 0. The van der Waals surface area contributed by atoms with Gasteiger partial charge in [-0.15, -0.1) is 0 Å². The molecule has 1 amide bonds. The SMILES string of the molecule is C[C@@H](C(=O)Nc1cc2c(cc1N(C)C)n(C)c(=O)n2C)c1ccccc1. The molecule has 0 fully saturated rings. The Labute approximate surface area is 152 Å². The number of aromatic nitrogens is 2. The molecule has 0 bridgehead atoms. The average Bonchev–Trinajstić information content (AvgIpc) is 2.85. The second-order valence-electron chi connectivity index (χ2n) is 6.77. The van der Waals surface area contributed by atoms with Crippen LogP contribution in [0, 0.1) is 0 Å². The highest BCUT2D eigenvalue weighted by molar-refractivity contribution is 6.01. The van der Waals surface area contributed by atoms with Crippen molar-refractivity contribution in [3.05, 3.63) is 58.5 Å². The Hall–Kier alpha value is -3.02. The minimum atomic E-state index is -0.276. The second kappa shape index (κ2) is 6.71. The highest BCUT2D eigenvalue weighted by Crippen LogP contribution is 2.30. The molecule has 1 atom stereocenters. The van der Waals surface area contributed by atoms with E-state index in [4.69, 9.17) is 0 Å². The summed E-state index contributed by atoms with van der Waals surface area (Å²) in [5.41, 5.74) is 4.03. The molecule has 0 saturated carbocycles. The topological polar surface area (TPSA) is 59.3 Å². The highest BCUT2D eigenvalue weighted by Gasteiger charge is 2.19. The Morgan fingerprint density at radius 2 is 1.62 bits per heavy atom. The van der Waals surface area contributed by atoms with Gasteiger partial charge in [-0.3, -0.25) is 13.9 Å². The number of aryl methyl sites for hydroxylation is 2. The minimum Gasteiger partial charge on any atom is -0.376 e. The zero-order valence-corrected chi connectivity index (χ0v) is 15.8. The van der Waals surface area contributed by atoms with Crippen molar-refractivity contribution >= 4 is 28.3 Å². The van der Waals surface area contributed by atoms with Crippen LogP contribution < -0.4 is 15.9 Å². The van der Waals surface area contributed by atoms with E-state index in [1.165, 1.54) is 0 Å². The van der Waals surface area contributed by atoms with Crippen molar-refractivity contribution in [2.75, 3.05) is 24.3 Å². The zero-order chi connectivity index (χ0) is 19.0. The number of carbonyl (C=O) groups is 1. The van der Waals surface area contributed by atoms with E-state index in [1.54, 1.807) is 23.2 Å². The number of nitrogens with zero attached hydrogens (tertiary/aromatic N) is 3. The largest absolute Gasteiger partial charge is 0.376 e. The third-order valence-electron chi connectivity index (χ3n) is 4.82. The molecule has 3 aromatic rings. The van der Waals surface area contributed by atoms with Crippen LogP contribution in [0.3, 0.4) is 0 Å². The molecule has 0 unspecified atom stereocenters. The van der Waals surface area contributed by atoms with E-state index in [-0.39, 0.29) is 17.5 Å². The first kappa shape index (κ1) is 17.8. The van der Waals surface area contributed by atoms with Crippen molar-refractivity contribution < 1.29 is 4.79 Å². The van der Waals surface area contributed by atoms with Gasteiger partial charge in [0.2, 0.25) is 5.91 Å². The third-order valence-corrected chi connectivity index (χ3v) is 4.82. The molecular weight excluding hydrogens is 328 g/mol. The van der Waals surface area contributed by atoms with Gasteiger partial charge in [-0.05, 0) is 24.6 Å². The van der Waals surface area contributed by atoms with Crippen molar-refractivity contribution in [1.82, 2.24) is 9.13 Å². The maximum atomic E-state index is 12.8. The summed E-state index contributed by atoms with van der Waals surface area (Å²) < 4.78 is 3.20. The smallest absolute Gasteiger partial charge is 0.328 e. The molecule has 0 saturated heterocycles. The first-order valence-electron chi connectivity index (χ1n) is 8.54. The molecule has 0 radical (unpaired) electrons. The standard InChI is InChI=1S/C20H24N4O2/c1-13(14-9-7-6-8-10-14)19(25)21-15-11-17-18(12-16(15)22(2)3)24(5)20(26)23(17)4/h6-13H,1-5H3,(H,21,25)/t13-/m1/s1. The number of carbonyl (C=O) groups excluding carboxylic acids is 1. The number of fused-ring (bicyclic) bond motifs is 1. The zero-order valence-electron chi connectivity index (χ0n) is 15.8. The molecular formula is C20H24N4O2. The number of hydrogen-bond acceptors (Lipinski definition) is 3. The van der Waals surface area contributed by atoms with E-state index < -0.39 is 0 Å². The van der Waals surface area contributed by atoms with Crippen molar-refractivity contribution in [2.45, 2.75) is 12.8 Å². The lowest BCUT2D eigenvalue weighted by molar-refractivity contribution is -0.117. The van der Waals surface area contributed by atoms with E-state index in [1.807, 2.05) is 68.4 Å². The predicted molar refractivity (Wildman–Crippen MR) is 106 cm³/mol. The van der Waals surface area contributed by atoms with Gasteiger partial charge in [-0.1, -0.05) is 30.3 Å². The maximum absolute atomic E-state index is 12.8. The Bertz CT molecular complexity index is 1020. The van der Waals surface area contributed by atoms with Gasteiger partial charge in [0, 0.05) is 28.2 Å². The first-order chi connectivity index (χ1) is 12.3. The predicted octanol–water partition coefficient (Wildman–Crippen LogP) is 2.69. The number of nitrogens with one attached hydrogen (secondary N) is 1. The molecule has 0 aliphatic heterocycles. The number of hydrogen-bond donors (Lipinski definition) is 1. The fourth-order valence-corrected chi connectivity index (χ4v) is 3.14. The average molecular weight is 352 g/mol. The van der Waals surface area contributed by atoms with Crippen LogP contribution in [-0.4, -0.2) is 29.1 Å². The van der Waals surface area contributed by atoms with E-state index >= 15 is 0 Å². The Morgan fingerprint density at radius 1 is 1.04 bits per heavy atom. The summed E-state index contributed by atoms with van der Waals surface area (Å²) in [7, 11) is 7.31. The van der Waals surface area contributed by atoms with E-state index in [2.05, 4.69) is 5.32 Å². The molecule has 136 valence electrons. The van der Waals surface area contributed by atoms with Crippen LogP contribution in [0.15, 0.2) is 47.3 Å². The lowest BCUT2D eigenvalue weighted by Gasteiger charge is -2.20. The van der Waals surface area contributed by atoms with Crippen LogP contribution in [-0.2, 0) is 18.9 Å².